The van der Waals surface area contributed by atoms with Gasteiger partial charge in [0.2, 0.25) is 0 Å². The smallest absolute Gasteiger partial charge is 0.0553 e. The summed E-state index contributed by atoms with van der Waals surface area (Å²) in [6.45, 7) is 3.38. The van der Waals surface area contributed by atoms with Crippen LogP contribution in [0.1, 0.15) is 51.9 Å². The van der Waals surface area contributed by atoms with Gasteiger partial charge >= 0.3 is 0 Å². The third-order valence-corrected chi connectivity index (χ3v) is 9.25. The Morgan fingerprint density at radius 3 is 1.70 bits per heavy atom. The number of hydrogen-bond donors (Lipinski definition) is 0. The van der Waals surface area contributed by atoms with Gasteiger partial charge in [0.15, 0.2) is 0 Å². The Labute approximate surface area is 210 Å². The maximum Gasteiger partial charge on any atom is 0.0553 e. The Morgan fingerprint density at radius 2 is 1.18 bits per heavy atom. The number of hydrogen-bond acceptors (Lipinski definition) is 4. The first-order valence-electron chi connectivity index (χ1n) is 12.1. The number of rotatable bonds is 10. The van der Waals surface area contributed by atoms with Gasteiger partial charge in [0.1, 0.15) is 0 Å². The molecule has 0 fully saturated rings. The van der Waals surface area contributed by atoms with Crippen molar-refractivity contribution in [3.8, 4) is 20.9 Å². The topological polar surface area (TPSA) is 3.24 Å². The molecular weight excluding hydrogens is 459 g/mol. The second-order valence-corrected chi connectivity index (χ2v) is 11.7. The van der Waals surface area contributed by atoms with E-state index in [1.807, 2.05) is 34.4 Å². The van der Waals surface area contributed by atoms with Crippen LogP contribution in [0.5, 0.6) is 0 Å². The Morgan fingerprint density at radius 1 is 0.636 bits per heavy atom. The van der Waals surface area contributed by atoms with Crippen molar-refractivity contribution >= 4 is 45.8 Å². The van der Waals surface area contributed by atoms with Gasteiger partial charge in [0.25, 0.3) is 0 Å². The number of anilines is 2. The van der Waals surface area contributed by atoms with Crippen LogP contribution in [0.4, 0.5) is 11.4 Å². The highest BCUT2D eigenvalue weighted by Crippen LogP contribution is 2.50. The molecule has 0 N–H and O–H groups in total. The summed E-state index contributed by atoms with van der Waals surface area (Å²) < 4.78 is 0. The Hall–Kier alpha value is -2.01. The number of fused-ring (bicyclic) bond motifs is 2. The van der Waals surface area contributed by atoms with Crippen LogP contribution < -0.4 is 4.90 Å². The van der Waals surface area contributed by atoms with Gasteiger partial charge in [-0.2, -0.15) is 0 Å². The Bertz CT molecular complexity index is 1080. The normalized spacial score (nSPS) is 12.6. The molecule has 0 amide bonds. The van der Waals surface area contributed by atoms with Gasteiger partial charge in [0.05, 0.1) is 11.4 Å². The minimum absolute atomic E-state index is 1.09. The highest BCUT2D eigenvalue weighted by molar-refractivity contribution is 7.99. The minimum Gasteiger partial charge on any atom is -0.340 e. The number of benzene rings is 2. The van der Waals surface area contributed by atoms with E-state index in [4.69, 9.17) is 0 Å². The van der Waals surface area contributed by atoms with E-state index in [0.717, 1.165) is 6.54 Å². The third kappa shape index (κ3) is 5.24. The number of unbranched alkanes of at least 4 members (excludes halogenated alkanes) is 6. The summed E-state index contributed by atoms with van der Waals surface area (Å²) in [5.41, 5.74) is 5.38. The lowest BCUT2D eigenvalue weighted by atomic mass is 10.1. The molecule has 5 rings (SSSR count). The summed E-state index contributed by atoms with van der Waals surface area (Å²) in [7, 11) is 0. The molecule has 0 atom stereocenters. The van der Waals surface area contributed by atoms with Gasteiger partial charge in [-0.05, 0) is 64.7 Å². The minimum atomic E-state index is 1.09. The molecule has 170 valence electrons. The van der Waals surface area contributed by atoms with E-state index in [1.165, 1.54) is 87.0 Å². The standard InChI is InChI=1S/C29H31NS3/c1-2-3-4-5-6-7-8-17-30-24-15-13-22(26-11-9-18-31-26)20-28(24)33-29-21-23(14-16-25(29)30)27-12-10-19-32-27/h9-16,18-21H,2-8,17H2,1H3. The molecule has 0 radical (unpaired) electrons. The lowest BCUT2D eigenvalue weighted by Gasteiger charge is -2.33. The zero-order chi connectivity index (χ0) is 22.5. The van der Waals surface area contributed by atoms with Gasteiger partial charge in [-0.25, -0.2) is 0 Å². The SMILES string of the molecule is CCCCCCCCCN1c2ccc(-c3cccs3)cc2Sc2cc(-c3cccs3)ccc21. The van der Waals surface area contributed by atoms with Crippen LogP contribution in [-0.4, -0.2) is 6.54 Å². The highest BCUT2D eigenvalue weighted by Gasteiger charge is 2.24. The molecule has 0 aliphatic carbocycles. The van der Waals surface area contributed by atoms with Gasteiger partial charge in [-0.1, -0.05) is 81.5 Å². The molecular formula is C29H31NS3. The maximum absolute atomic E-state index is 2.57. The predicted octanol–water partition coefficient (Wildman–Crippen LogP) is 10.5. The summed E-state index contributed by atoms with van der Waals surface area (Å²) in [4.78, 5) is 8.01. The van der Waals surface area contributed by atoms with Gasteiger partial charge in [-0.3, -0.25) is 0 Å². The first-order valence-corrected chi connectivity index (χ1v) is 14.7. The summed E-state index contributed by atoms with van der Waals surface area (Å²) in [6.07, 6.45) is 9.39. The van der Waals surface area contributed by atoms with Gasteiger partial charge in [-0.15, -0.1) is 22.7 Å². The second kappa shape index (κ2) is 10.9. The van der Waals surface area contributed by atoms with E-state index in [0.29, 0.717) is 0 Å². The van der Waals surface area contributed by atoms with E-state index in [1.54, 1.807) is 0 Å². The van der Waals surface area contributed by atoms with E-state index in [2.05, 4.69) is 83.2 Å². The molecule has 1 aliphatic heterocycles. The monoisotopic (exact) mass is 489 g/mol. The summed E-state index contributed by atoms with van der Waals surface area (Å²) in [6, 6.07) is 22.8. The first kappa shape index (κ1) is 22.8. The average Bonchev–Trinajstić information content (AvgIpc) is 3.57. The van der Waals surface area contributed by atoms with Crippen LogP contribution in [0, 0.1) is 0 Å². The molecule has 4 heteroatoms. The van der Waals surface area contributed by atoms with E-state index in [-0.39, 0.29) is 0 Å². The van der Waals surface area contributed by atoms with Crippen LogP contribution in [0.25, 0.3) is 20.9 Å². The molecule has 0 saturated carbocycles. The molecule has 4 aromatic rings. The predicted molar refractivity (Wildman–Crippen MR) is 149 cm³/mol. The molecule has 1 nitrogen and oxygen atoms in total. The van der Waals surface area contributed by atoms with E-state index in [9.17, 15) is 0 Å². The second-order valence-electron chi connectivity index (χ2n) is 8.69. The molecule has 0 unspecified atom stereocenters. The fourth-order valence-corrected chi connectivity index (χ4v) is 7.17. The van der Waals surface area contributed by atoms with Crippen molar-refractivity contribution in [3.63, 3.8) is 0 Å². The molecule has 1 aliphatic rings. The third-order valence-electron chi connectivity index (χ3n) is 6.32. The van der Waals surface area contributed by atoms with Gasteiger partial charge < -0.3 is 4.90 Å². The van der Waals surface area contributed by atoms with Crippen molar-refractivity contribution in [2.45, 2.75) is 61.7 Å². The van der Waals surface area contributed by atoms with Crippen molar-refractivity contribution in [2.75, 3.05) is 11.4 Å². The van der Waals surface area contributed by atoms with Crippen LogP contribution in [-0.2, 0) is 0 Å². The zero-order valence-corrected chi connectivity index (χ0v) is 21.7. The number of thiophene rings is 2. The Balaban J connectivity index is 1.40. The van der Waals surface area contributed by atoms with Crippen LogP contribution in [0.2, 0.25) is 0 Å². The number of nitrogens with zero attached hydrogens (tertiary/aromatic N) is 1. The molecule has 33 heavy (non-hydrogen) atoms. The van der Waals surface area contributed by atoms with Crippen molar-refractivity contribution in [1.29, 1.82) is 0 Å². The van der Waals surface area contributed by atoms with E-state index < -0.39 is 0 Å². The largest absolute Gasteiger partial charge is 0.340 e. The Kier molecular flexibility index (Phi) is 7.55. The summed E-state index contributed by atoms with van der Waals surface area (Å²) in [5, 5.41) is 4.33. The van der Waals surface area contributed by atoms with E-state index >= 15 is 0 Å². The highest BCUT2D eigenvalue weighted by atomic mass is 32.2. The van der Waals surface area contributed by atoms with Crippen molar-refractivity contribution in [3.05, 3.63) is 71.4 Å². The van der Waals surface area contributed by atoms with Gasteiger partial charge in [0, 0.05) is 26.1 Å². The lowest BCUT2D eigenvalue weighted by Crippen LogP contribution is -2.22. The molecule has 0 saturated heterocycles. The van der Waals surface area contributed by atoms with Crippen molar-refractivity contribution in [2.24, 2.45) is 0 Å². The quantitative estimate of drug-likeness (QED) is 0.204. The molecule has 2 aromatic carbocycles. The zero-order valence-electron chi connectivity index (χ0n) is 19.3. The summed E-state index contributed by atoms with van der Waals surface area (Å²) >= 11 is 5.56. The molecule has 0 bridgehead atoms. The fourth-order valence-electron chi connectivity index (χ4n) is 4.55. The first-order chi connectivity index (χ1) is 16.3. The average molecular weight is 490 g/mol. The maximum atomic E-state index is 2.57. The molecule has 0 spiro atoms. The lowest BCUT2D eigenvalue weighted by molar-refractivity contribution is 0.590. The summed E-state index contributed by atoms with van der Waals surface area (Å²) in [5.74, 6) is 0. The van der Waals surface area contributed by atoms with Crippen LogP contribution >= 0.6 is 34.4 Å². The molecule has 3 heterocycles. The van der Waals surface area contributed by atoms with Crippen molar-refractivity contribution < 1.29 is 0 Å². The fraction of sp³-hybridized carbons (Fsp3) is 0.310. The van der Waals surface area contributed by atoms with Crippen molar-refractivity contribution in [1.82, 2.24) is 0 Å². The van der Waals surface area contributed by atoms with Crippen LogP contribution in [0.15, 0.2) is 81.2 Å². The van der Waals surface area contributed by atoms with Crippen LogP contribution in [0.3, 0.4) is 0 Å². The molecule has 2 aromatic heterocycles.